The fraction of sp³-hybridized carbons (Fsp3) is 0.357. The van der Waals surface area contributed by atoms with Crippen molar-refractivity contribution in [2.75, 3.05) is 0 Å². The molecule has 1 N–H and O–H groups in total. The van der Waals surface area contributed by atoms with E-state index in [2.05, 4.69) is 10.2 Å². The number of amides is 1. The number of rotatable bonds is 3. The largest absolute Gasteiger partial charge is 0.388 e. The zero-order chi connectivity index (χ0) is 15.0. The van der Waals surface area contributed by atoms with Crippen molar-refractivity contribution in [1.82, 2.24) is 19.7 Å². The number of carbonyl (C=O) groups excluding carboxylic acids is 1. The second kappa shape index (κ2) is 5.46. The first-order valence-corrected chi connectivity index (χ1v) is 7.05. The minimum Gasteiger partial charge on any atom is -0.388 e. The summed E-state index contributed by atoms with van der Waals surface area (Å²) in [5, 5.41) is 17.9. The molecule has 6 nitrogen and oxygen atoms in total. The molecule has 1 aromatic heterocycles. The van der Waals surface area contributed by atoms with Crippen LogP contribution in [0.2, 0.25) is 5.02 Å². The Morgan fingerprint density at radius 2 is 2.14 bits per heavy atom. The molecule has 3 rings (SSSR count). The molecule has 2 heterocycles. The van der Waals surface area contributed by atoms with Gasteiger partial charge in [0.1, 0.15) is 12.6 Å². The lowest BCUT2D eigenvalue weighted by Crippen LogP contribution is -2.41. The van der Waals surface area contributed by atoms with E-state index in [-0.39, 0.29) is 12.5 Å². The first-order chi connectivity index (χ1) is 10.1. The van der Waals surface area contributed by atoms with E-state index in [1.807, 2.05) is 18.2 Å². The monoisotopic (exact) mass is 306 g/mol. The highest BCUT2D eigenvalue weighted by atomic mass is 35.5. The predicted molar refractivity (Wildman–Crippen MR) is 76.4 cm³/mol. The van der Waals surface area contributed by atoms with Crippen LogP contribution in [0.3, 0.4) is 0 Å². The average molecular weight is 307 g/mol. The molecule has 1 atom stereocenters. The van der Waals surface area contributed by atoms with Crippen molar-refractivity contribution in [2.45, 2.75) is 32.7 Å². The number of aliphatic hydroxyl groups is 1. The molecular weight excluding hydrogens is 292 g/mol. The van der Waals surface area contributed by atoms with Gasteiger partial charge in [0.25, 0.3) is 0 Å². The van der Waals surface area contributed by atoms with E-state index < -0.39 is 6.04 Å². The van der Waals surface area contributed by atoms with Crippen LogP contribution in [0.4, 0.5) is 0 Å². The van der Waals surface area contributed by atoms with Gasteiger partial charge in [-0.05, 0) is 18.6 Å². The Balaban J connectivity index is 1.89. The summed E-state index contributed by atoms with van der Waals surface area (Å²) in [6.07, 6.45) is 0. The Kier molecular flexibility index (Phi) is 3.65. The number of hydrogen-bond donors (Lipinski definition) is 1. The van der Waals surface area contributed by atoms with Gasteiger partial charge in [-0.2, -0.15) is 0 Å². The highest BCUT2D eigenvalue weighted by Crippen LogP contribution is 2.26. The van der Waals surface area contributed by atoms with Crippen molar-refractivity contribution in [3.05, 3.63) is 46.5 Å². The van der Waals surface area contributed by atoms with Crippen LogP contribution < -0.4 is 0 Å². The SMILES string of the molecule is C[C@H]1C(=O)N(Cc2ccccc2Cl)Cc2nnc(CO)n21. The maximum Gasteiger partial charge on any atom is 0.246 e. The maximum absolute atomic E-state index is 12.5. The number of hydrogen-bond acceptors (Lipinski definition) is 4. The van der Waals surface area contributed by atoms with Crippen LogP contribution in [-0.2, 0) is 24.5 Å². The van der Waals surface area contributed by atoms with E-state index in [1.165, 1.54) is 0 Å². The van der Waals surface area contributed by atoms with Gasteiger partial charge < -0.3 is 10.0 Å². The van der Waals surface area contributed by atoms with Crippen molar-refractivity contribution in [1.29, 1.82) is 0 Å². The standard InChI is InChI=1S/C14H15ClN4O2/c1-9-14(21)18(6-10-4-2-3-5-11(10)15)7-12-16-17-13(8-20)19(9)12/h2-5,9,20H,6-8H2,1H3/t9-/m0/s1. The molecule has 0 unspecified atom stereocenters. The maximum atomic E-state index is 12.5. The van der Waals surface area contributed by atoms with Crippen molar-refractivity contribution in [2.24, 2.45) is 0 Å². The van der Waals surface area contributed by atoms with Crippen LogP contribution in [0.25, 0.3) is 0 Å². The Morgan fingerprint density at radius 1 is 1.38 bits per heavy atom. The summed E-state index contributed by atoms with van der Waals surface area (Å²) in [6.45, 7) is 2.35. The summed E-state index contributed by atoms with van der Waals surface area (Å²) >= 11 is 6.15. The molecule has 0 bridgehead atoms. The quantitative estimate of drug-likeness (QED) is 0.933. The lowest BCUT2D eigenvalue weighted by molar-refractivity contribution is -0.137. The number of halogens is 1. The predicted octanol–water partition coefficient (Wildman–Crippen LogP) is 1.53. The summed E-state index contributed by atoms with van der Waals surface area (Å²) in [6, 6.07) is 7.04. The molecule has 0 radical (unpaired) electrons. The van der Waals surface area contributed by atoms with Gasteiger partial charge in [0.2, 0.25) is 5.91 Å². The first kappa shape index (κ1) is 14.0. The summed E-state index contributed by atoms with van der Waals surface area (Å²) in [7, 11) is 0. The molecule has 2 aromatic rings. The van der Waals surface area contributed by atoms with E-state index in [0.29, 0.717) is 29.8 Å². The molecule has 1 aliphatic rings. The molecule has 110 valence electrons. The number of aliphatic hydroxyl groups excluding tert-OH is 1. The van der Waals surface area contributed by atoms with E-state index in [9.17, 15) is 9.90 Å². The summed E-state index contributed by atoms with van der Waals surface area (Å²) in [5.74, 6) is 1.07. The molecule has 7 heteroatoms. The number of fused-ring (bicyclic) bond motifs is 1. The zero-order valence-corrected chi connectivity index (χ0v) is 12.3. The molecule has 0 spiro atoms. The lowest BCUT2D eigenvalue weighted by atomic mass is 10.1. The molecule has 1 aliphatic heterocycles. The van der Waals surface area contributed by atoms with Gasteiger partial charge in [0.15, 0.2) is 11.6 Å². The topological polar surface area (TPSA) is 71.2 Å². The van der Waals surface area contributed by atoms with E-state index >= 15 is 0 Å². The Bertz CT molecular complexity index is 685. The fourth-order valence-corrected chi connectivity index (χ4v) is 2.81. The van der Waals surface area contributed by atoms with Crippen molar-refractivity contribution in [3.63, 3.8) is 0 Å². The lowest BCUT2D eigenvalue weighted by Gasteiger charge is -2.32. The molecule has 1 aromatic carbocycles. The van der Waals surface area contributed by atoms with Gasteiger partial charge in [0.05, 0.1) is 6.54 Å². The third kappa shape index (κ3) is 2.41. The third-order valence-electron chi connectivity index (χ3n) is 3.69. The van der Waals surface area contributed by atoms with Gasteiger partial charge in [-0.1, -0.05) is 29.8 Å². The third-order valence-corrected chi connectivity index (χ3v) is 4.05. The van der Waals surface area contributed by atoms with Gasteiger partial charge in [0, 0.05) is 11.6 Å². The van der Waals surface area contributed by atoms with E-state index in [1.54, 1.807) is 22.5 Å². The summed E-state index contributed by atoms with van der Waals surface area (Å²) in [4.78, 5) is 14.2. The van der Waals surface area contributed by atoms with Gasteiger partial charge in [-0.25, -0.2) is 0 Å². The Labute approximate surface area is 127 Å². The second-order valence-corrected chi connectivity index (χ2v) is 5.43. The average Bonchev–Trinajstić information content (AvgIpc) is 2.89. The van der Waals surface area contributed by atoms with Crippen molar-refractivity contribution in [3.8, 4) is 0 Å². The summed E-state index contributed by atoms with van der Waals surface area (Å²) < 4.78 is 1.70. The van der Waals surface area contributed by atoms with E-state index in [0.717, 1.165) is 5.56 Å². The Morgan fingerprint density at radius 3 is 2.86 bits per heavy atom. The van der Waals surface area contributed by atoms with Gasteiger partial charge in [-0.3, -0.25) is 9.36 Å². The number of aromatic nitrogens is 3. The molecule has 21 heavy (non-hydrogen) atoms. The fourth-order valence-electron chi connectivity index (χ4n) is 2.61. The highest BCUT2D eigenvalue weighted by molar-refractivity contribution is 6.31. The van der Waals surface area contributed by atoms with Crippen LogP contribution in [0.5, 0.6) is 0 Å². The van der Waals surface area contributed by atoms with Crippen LogP contribution in [0, 0.1) is 0 Å². The number of nitrogens with zero attached hydrogens (tertiary/aromatic N) is 4. The smallest absolute Gasteiger partial charge is 0.246 e. The second-order valence-electron chi connectivity index (χ2n) is 5.02. The highest BCUT2D eigenvalue weighted by Gasteiger charge is 2.33. The molecule has 0 aliphatic carbocycles. The van der Waals surface area contributed by atoms with Crippen molar-refractivity contribution < 1.29 is 9.90 Å². The number of benzene rings is 1. The van der Waals surface area contributed by atoms with Crippen LogP contribution in [0.15, 0.2) is 24.3 Å². The normalized spacial score (nSPS) is 18.0. The molecule has 0 fully saturated rings. The summed E-state index contributed by atoms with van der Waals surface area (Å²) in [5.41, 5.74) is 0.898. The first-order valence-electron chi connectivity index (χ1n) is 6.67. The Hall–Kier alpha value is -1.92. The molecular formula is C14H15ClN4O2. The minimum absolute atomic E-state index is 0.0306. The minimum atomic E-state index is -0.423. The molecule has 0 saturated carbocycles. The molecule has 0 saturated heterocycles. The number of carbonyl (C=O) groups is 1. The van der Waals surface area contributed by atoms with Gasteiger partial charge in [-0.15, -0.1) is 10.2 Å². The van der Waals surface area contributed by atoms with Crippen LogP contribution in [-0.4, -0.2) is 30.7 Å². The van der Waals surface area contributed by atoms with Crippen LogP contribution in [0.1, 0.15) is 30.2 Å². The van der Waals surface area contributed by atoms with Crippen LogP contribution >= 0.6 is 11.6 Å². The van der Waals surface area contributed by atoms with Gasteiger partial charge >= 0.3 is 0 Å². The van der Waals surface area contributed by atoms with E-state index in [4.69, 9.17) is 11.6 Å². The molecule has 1 amide bonds. The zero-order valence-electron chi connectivity index (χ0n) is 11.5. The van der Waals surface area contributed by atoms with Crippen molar-refractivity contribution >= 4 is 17.5 Å².